The van der Waals surface area contributed by atoms with Crippen LogP contribution < -0.4 is 20.3 Å². The number of ether oxygens (including phenoxy) is 2. The lowest BCUT2D eigenvalue weighted by Crippen LogP contribution is -2.44. The van der Waals surface area contributed by atoms with Gasteiger partial charge in [0.25, 0.3) is 11.8 Å². The molecule has 0 unspecified atom stereocenters. The average molecular weight is 578 g/mol. The number of hydrogen-bond donors (Lipinski definition) is 2. The topological polar surface area (TPSA) is 76.7 Å². The van der Waals surface area contributed by atoms with E-state index in [0.717, 1.165) is 45.4 Å². The van der Waals surface area contributed by atoms with Gasteiger partial charge in [0.15, 0.2) is 6.61 Å². The molecule has 3 rings (SSSR count). The highest BCUT2D eigenvalue weighted by atomic mass is 79.9. The fourth-order valence-electron chi connectivity index (χ4n) is 3.21. The molecule has 0 aliphatic carbocycles. The van der Waals surface area contributed by atoms with Crippen molar-refractivity contribution in [3.8, 4) is 11.5 Å². The normalized spacial score (nSPS) is 10.6. The van der Waals surface area contributed by atoms with E-state index in [4.69, 9.17) is 9.47 Å². The molecule has 33 heavy (non-hydrogen) atoms. The Morgan fingerprint density at radius 3 is 2.48 bits per heavy atom. The third-order valence-electron chi connectivity index (χ3n) is 4.94. The van der Waals surface area contributed by atoms with Crippen LogP contribution >= 0.6 is 31.9 Å². The van der Waals surface area contributed by atoms with E-state index in [2.05, 4.69) is 49.6 Å². The van der Waals surface area contributed by atoms with E-state index in [9.17, 15) is 9.59 Å². The fourth-order valence-corrected chi connectivity index (χ4v) is 4.18. The number of hydrogen-bond acceptors (Lipinski definition) is 4. The molecule has 3 aromatic rings. The fraction of sp³-hybridized carbons (Fsp3) is 0.280. The van der Waals surface area contributed by atoms with Crippen LogP contribution in [0.2, 0.25) is 0 Å². The van der Waals surface area contributed by atoms with Gasteiger partial charge in [-0.2, -0.15) is 0 Å². The number of carbonyl (C=O) groups excluding carboxylic acids is 2. The number of fused-ring (bicyclic) bond motifs is 1. The monoisotopic (exact) mass is 576 g/mol. The van der Waals surface area contributed by atoms with Gasteiger partial charge in [-0.1, -0.05) is 72.4 Å². The number of benzene rings is 3. The zero-order valence-corrected chi connectivity index (χ0v) is 21.5. The summed E-state index contributed by atoms with van der Waals surface area (Å²) in [6, 6.07) is 16.8. The van der Waals surface area contributed by atoms with Crippen molar-refractivity contribution in [1.29, 1.82) is 0 Å². The van der Waals surface area contributed by atoms with E-state index in [1.807, 2.05) is 36.4 Å². The molecule has 2 amide bonds. The van der Waals surface area contributed by atoms with Gasteiger partial charge >= 0.3 is 0 Å². The summed E-state index contributed by atoms with van der Waals surface area (Å²) < 4.78 is 12.9. The highest BCUT2D eigenvalue weighted by Crippen LogP contribution is 2.33. The molecule has 0 saturated carbocycles. The third-order valence-corrected chi connectivity index (χ3v) is 6.25. The Hall–Kier alpha value is -2.58. The second-order valence-electron chi connectivity index (χ2n) is 7.44. The number of carbonyl (C=O) groups is 2. The predicted octanol–water partition coefficient (Wildman–Crippen LogP) is 6.16. The molecule has 0 bridgehead atoms. The first-order valence-electron chi connectivity index (χ1n) is 10.8. The summed E-state index contributed by atoms with van der Waals surface area (Å²) in [5, 5.41) is 2.05. The van der Waals surface area contributed by atoms with Crippen molar-refractivity contribution in [2.24, 2.45) is 0 Å². The first-order valence-corrected chi connectivity index (χ1v) is 12.4. The summed E-state index contributed by atoms with van der Waals surface area (Å²) >= 11 is 6.90. The minimum Gasteiger partial charge on any atom is -0.493 e. The van der Waals surface area contributed by atoms with E-state index in [0.29, 0.717) is 23.7 Å². The van der Waals surface area contributed by atoms with Crippen molar-refractivity contribution in [1.82, 2.24) is 10.9 Å². The summed E-state index contributed by atoms with van der Waals surface area (Å²) in [5.74, 6) is 0.0549. The zero-order chi connectivity index (χ0) is 23.6. The minimum absolute atomic E-state index is 0.253. The van der Waals surface area contributed by atoms with E-state index >= 15 is 0 Å². The van der Waals surface area contributed by atoms with Gasteiger partial charge in [0.1, 0.15) is 11.5 Å². The molecule has 2 N–H and O–H groups in total. The Kier molecular flexibility index (Phi) is 9.57. The summed E-state index contributed by atoms with van der Waals surface area (Å²) in [4.78, 5) is 24.9. The van der Waals surface area contributed by atoms with Crippen molar-refractivity contribution < 1.29 is 19.1 Å². The third kappa shape index (κ3) is 7.20. The molecule has 0 atom stereocenters. The van der Waals surface area contributed by atoms with Crippen molar-refractivity contribution in [3.05, 3.63) is 69.1 Å². The summed E-state index contributed by atoms with van der Waals surface area (Å²) in [5.41, 5.74) is 5.15. The maximum Gasteiger partial charge on any atom is 0.276 e. The molecule has 0 aliphatic rings. The van der Waals surface area contributed by atoms with Crippen molar-refractivity contribution >= 4 is 54.4 Å². The van der Waals surface area contributed by atoms with Crippen molar-refractivity contribution in [3.63, 3.8) is 0 Å². The van der Waals surface area contributed by atoms with Gasteiger partial charge in [0.05, 0.1) is 16.6 Å². The lowest BCUT2D eigenvalue weighted by molar-refractivity contribution is -0.123. The second kappa shape index (κ2) is 12.6. The Morgan fingerprint density at radius 2 is 1.67 bits per heavy atom. The van der Waals surface area contributed by atoms with Crippen LogP contribution in [0.3, 0.4) is 0 Å². The number of amides is 2. The van der Waals surface area contributed by atoms with Crippen LogP contribution in [0, 0.1) is 0 Å². The Bertz CT molecular complexity index is 1120. The Labute approximate surface area is 210 Å². The highest BCUT2D eigenvalue weighted by molar-refractivity contribution is 9.11. The van der Waals surface area contributed by atoms with Gasteiger partial charge in [-0.3, -0.25) is 20.4 Å². The molecule has 0 aliphatic heterocycles. The lowest BCUT2D eigenvalue weighted by Gasteiger charge is -2.14. The number of halogens is 2. The van der Waals surface area contributed by atoms with Crippen LogP contribution in [0.25, 0.3) is 10.8 Å². The molecule has 0 spiro atoms. The SMILES string of the molecule is CCCCCCOc1ccc(Br)cc1C(=O)NNC(=O)COc1ccc2ccccc2c1Br. The maximum absolute atomic E-state index is 12.7. The molecular weight excluding hydrogens is 552 g/mol. The average Bonchev–Trinajstić information content (AvgIpc) is 2.83. The van der Waals surface area contributed by atoms with E-state index in [1.165, 1.54) is 0 Å². The molecule has 0 radical (unpaired) electrons. The molecule has 6 nitrogen and oxygen atoms in total. The van der Waals surface area contributed by atoms with Crippen molar-refractivity contribution in [2.45, 2.75) is 32.6 Å². The maximum atomic E-state index is 12.7. The molecule has 0 aromatic heterocycles. The quantitative estimate of drug-likeness (QED) is 0.223. The molecule has 3 aromatic carbocycles. The van der Waals surface area contributed by atoms with Crippen LogP contribution in [-0.4, -0.2) is 25.0 Å². The van der Waals surface area contributed by atoms with Gasteiger partial charge in [-0.15, -0.1) is 0 Å². The predicted molar refractivity (Wildman–Crippen MR) is 137 cm³/mol. The molecule has 0 fully saturated rings. The summed E-state index contributed by atoms with van der Waals surface area (Å²) in [6.45, 7) is 2.43. The molecule has 8 heteroatoms. The smallest absolute Gasteiger partial charge is 0.276 e. The number of unbranched alkanes of at least 4 members (excludes halogenated alkanes) is 3. The first kappa shape index (κ1) is 25.1. The molecular formula is C25H26Br2N2O4. The second-order valence-corrected chi connectivity index (χ2v) is 9.15. The van der Waals surface area contributed by atoms with Gasteiger partial charge < -0.3 is 9.47 Å². The van der Waals surface area contributed by atoms with Gasteiger partial charge in [0.2, 0.25) is 0 Å². The van der Waals surface area contributed by atoms with Gasteiger partial charge in [0, 0.05) is 4.47 Å². The molecule has 0 saturated heterocycles. The van der Waals surface area contributed by atoms with E-state index in [1.54, 1.807) is 18.2 Å². The number of nitrogens with one attached hydrogen (secondary N) is 2. The minimum atomic E-state index is -0.486. The standard InChI is InChI=1S/C25H26Br2N2O4/c1-2-3-4-7-14-32-21-13-11-18(26)15-20(21)25(31)29-28-23(30)16-33-22-12-10-17-8-5-6-9-19(17)24(22)27/h5-6,8-13,15H,2-4,7,14,16H2,1H3,(H,28,30)(H,29,31). The van der Waals surface area contributed by atoms with Gasteiger partial charge in [-0.25, -0.2) is 0 Å². The van der Waals surface area contributed by atoms with Crippen LogP contribution in [0.5, 0.6) is 11.5 Å². The Morgan fingerprint density at radius 1 is 0.879 bits per heavy atom. The van der Waals surface area contributed by atoms with Crippen LogP contribution in [-0.2, 0) is 4.79 Å². The summed E-state index contributed by atoms with van der Waals surface area (Å²) in [6.07, 6.45) is 4.30. The van der Waals surface area contributed by atoms with Crippen LogP contribution in [0.1, 0.15) is 43.0 Å². The van der Waals surface area contributed by atoms with Crippen LogP contribution in [0.15, 0.2) is 63.5 Å². The van der Waals surface area contributed by atoms with E-state index < -0.39 is 11.8 Å². The van der Waals surface area contributed by atoms with Gasteiger partial charge in [-0.05, 0) is 57.4 Å². The lowest BCUT2D eigenvalue weighted by atomic mass is 10.1. The van der Waals surface area contributed by atoms with Crippen LogP contribution in [0.4, 0.5) is 0 Å². The molecule has 0 heterocycles. The Balaban J connectivity index is 1.53. The molecule has 174 valence electrons. The number of hydrazine groups is 1. The first-order chi connectivity index (χ1) is 16.0. The van der Waals surface area contributed by atoms with Crippen molar-refractivity contribution in [2.75, 3.05) is 13.2 Å². The summed E-state index contributed by atoms with van der Waals surface area (Å²) in [7, 11) is 0. The largest absolute Gasteiger partial charge is 0.493 e. The zero-order valence-electron chi connectivity index (χ0n) is 18.3. The van der Waals surface area contributed by atoms with E-state index in [-0.39, 0.29) is 6.61 Å². The highest BCUT2D eigenvalue weighted by Gasteiger charge is 2.15. The number of rotatable bonds is 10.